The topological polar surface area (TPSA) is 59.2 Å². The number of aliphatic hydroxyl groups is 1. The number of allylic oxidation sites excluding steroid dienone is 1. The van der Waals surface area contributed by atoms with Crippen molar-refractivity contribution in [2.45, 2.75) is 53.4 Å². The van der Waals surface area contributed by atoms with Crippen molar-refractivity contribution in [2.24, 2.45) is 23.7 Å². The van der Waals surface area contributed by atoms with Gasteiger partial charge in [0.2, 0.25) is 11.8 Å². The van der Waals surface area contributed by atoms with E-state index in [0.29, 0.717) is 23.7 Å². The standard InChI is InChI=1S/C17H28N2O2/c1-5-6-16-18-19-17(21-16)9-13-8-15(11(2)3)14(10-20)7-12(13)4/h7,11,13-15,20H,5-6,8-10H2,1-4H3. The van der Waals surface area contributed by atoms with Gasteiger partial charge in [-0.05, 0) is 37.5 Å². The second-order valence-electron chi connectivity index (χ2n) is 6.64. The number of aliphatic hydroxyl groups excluding tert-OH is 1. The monoisotopic (exact) mass is 292 g/mol. The Hall–Kier alpha value is -1.16. The second kappa shape index (κ2) is 7.21. The van der Waals surface area contributed by atoms with Crippen LogP contribution >= 0.6 is 0 Å². The van der Waals surface area contributed by atoms with Crippen LogP contribution in [0.15, 0.2) is 16.1 Å². The van der Waals surface area contributed by atoms with Gasteiger partial charge in [-0.1, -0.05) is 32.4 Å². The van der Waals surface area contributed by atoms with E-state index in [0.717, 1.165) is 37.5 Å². The van der Waals surface area contributed by atoms with Gasteiger partial charge in [0, 0.05) is 25.4 Å². The Morgan fingerprint density at radius 3 is 2.67 bits per heavy atom. The van der Waals surface area contributed by atoms with Crippen molar-refractivity contribution in [2.75, 3.05) is 6.61 Å². The zero-order valence-electron chi connectivity index (χ0n) is 13.7. The molecule has 4 nitrogen and oxygen atoms in total. The summed E-state index contributed by atoms with van der Waals surface area (Å²) < 4.78 is 5.73. The van der Waals surface area contributed by atoms with E-state index >= 15 is 0 Å². The Morgan fingerprint density at radius 1 is 1.33 bits per heavy atom. The van der Waals surface area contributed by atoms with Gasteiger partial charge in [0.05, 0.1) is 0 Å². The number of aryl methyl sites for hydroxylation is 1. The minimum atomic E-state index is 0.244. The molecule has 3 atom stereocenters. The maximum Gasteiger partial charge on any atom is 0.217 e. The first kappa shape index (κ1) is 16.2. The summed E-state index contributed by atoms with van der Waals surface area (Å²) in [5.41, 5.74) is 1.35. The Kier molecular flexibility index (Phi) is 5.57. The van der Waals surface area contributed by atoms with Gasteiger partial charge in [-0.15, -0.1) is 10.2 Å². The molecule has 0 saturated heterocycles. The lowest BCUT2D eigenvalue weighted by atomic mass is 9.70. The molecule has 1 heterocycles. The van der Waals surface area contributed by atoms with E-state index in [1.807, 2.05) is 0 Å². The molecule has 1 aliphatic rings. The molecule has 0 aliphatic heterocycles. The fraction of sp³-hybridized carbons (Fsp3) is 0.765. The number of hydrogen-bond donors (Lipinski definition) is 1. The van der Waals surface area contributed by atoms with Crippen molar-refractivity contribution in [3.05, 3.63) is 23.4 Å². The number of hydrogen-bond acceptors (Lipinski definition) is 4. The van der Waals surface area contributed by atoms with Gasteiger partial charge in [-0.25, -0.2) is 0 Å². The average Bonchev–Trinajstić information content (AvgIpc) is 2.88. The van der Waals surface area contributed by atoms with Crippen LogP contribution in [0.3, 0.4) is 0 Å². The minimum Gasteiger partial charge on any atom is -0.425 e. The van der Waals surface area contributed by atoms with E-state index in [-0.39, 0.29) is 6.61 Å². The van der Waals surface area contributed by atoms with Gasteiger partial charge in [0.15, 0.2) is 0 Å². The summed E-state index contributed by atoms with van der Waals surface area (Å²) >= 11 is 0. The van der Waals surface area contributed by atoms with Crippen LogP contribution in [0.25, 0.3) is 0 Å². The van der Waals surface area contributed by atoms with E-state index in [1.54, 1.807) is 0 Å². The second-order valence-corrected chi connectivity index (χ2v) is 6.64. The molecular formula is C17H28N2O2. The van der Waals surface area contributed by atoms with E-state index in [1.165, 1.54) is 5.57 Å². The normalized spacial score (nSPS) is 26.2. The molecule has 0 amide bonds. The summed E-state index contributed by atoms with van der Waals surface area (Å²) in [7, 11) is 0. The van der Waals surface area contributed by atoms with Crippen molar-refractivity contribution in [1.82, 2.24) is 10.2 Å². The highest BCUT2D eigenvalue weighted by molar-refractivity contribution is 5.13. The van der Waals surface area contributed by atoms with Gasteiger partial charge in [-0.2, -0.15) is 0 Å². The van der Waals surface area contributed by atoms with E-state index < -0.39 is 0 Å². The van der Waals surface area contributed by atoms with Crippen molar-refractivity contribution in [3.63, 3.8) is 0 Å². The van der Waals surface area contributed by atoms with E-state index in [4.69, 9.17) is 4.42 Å². The first-order chi connectivity index (χ1) is 10.0. The smallest absolute Gasteiger partial charge is 0.217 e. The quantitative estimate of drug-likeness (QED) is 0.816. The van der Waals surface area contributed by atoms with Crippen LogP contribution in [0.1, 0.15) is 52.3 Å². The molecule has 0 radical (unpaired) electrons. The molecule has 118 valence electrons. The Morgan fingerprint density at radius 2 is 2.05 bits per heavy atom. The average molecular weight is 292 g/mol. The lowest BCUT2D eigenvalue weighted by Gasteiger charge is -2.36. The molecule has 0 spiro atoms. The van der Waals surface area contributed by atoms with Crippen LogP contribution < -0.4 is 0 Å². The maximum atomic E-state index is 9.58. The van der Waals surface area contributed by atoms with Crippen LogP contribution in [0.2, 0.25) is 0 Å². The summed E-state index contributed by atoms with van der Waals surface area (Å²) in [6.45, 7) is 9.00. The van der Waals surface area contributed by atoms with Crippen LogP contribution in [-0.2, 0) is 12.8 Å². The fourth-order valence-electron chi connectivity index (χ4n) is 3.38. The molecule has 0 bridgehead atoms. The molecule has 1 aromatic heterocycles. The van der Waals surface area contributed by atoms with Crippen LogP contribution in [0.5, 0.6) is 0 Å². The summed E-state index contributed by atoms with van der Waals surface area (Å²) in [6, 6.07) is 0. The predicted octanol–water partition coefficient (Wildman–Crippen LogP) is 3.41. The van der Waals surface area contributed by atoms with Gasteiger partial charge in [0.1, 0.15) is 0 Å². The Balaban J connectivity index is 2.08. The van der Waals surface area contributed by atoms with Gasteiger partial charge in [-0.3, -0.25) is 0 Å². The van der Waals surface area contributed by atoms with Crippen LogP contribution in [0.4, 0.5) is 0 Å². The number of aromatic nitrogens is 2. The van der Waals surface area contributed by atoms with Crippen molar-refractivity contribution in [3.8, 4) is 0 Å². The SMILES string of the molecule is CCCc1nnc(CC2CC(C(C)C)C(CO)C=C2C)o1. The lowest BCUT2D eigenvalue weighted by Crippen LogP contribution is -2.30. The number of rotatable bonds is 6. The summed E-state index contributed by atoms with van der Waals surface area (Å²) in [4.78, 5) is 0. The molecule has 21 heavy (non-hydrogen) atoms. The largest absolute Gasteiger partial charge is 0.425 e. The summed E-state index contributed by atoms with van der Waals surface area (Å²) in [5, 5.41) is 17.9. The van der Waals surface area contributed by atoms with Crippen molar-refractivity contribution in [1.29, 1.82) is 0 Å². The Bertz CT molecular complexity index is 479. The molecule has 4 heteroatoms. The molecule has 2 rings (SSSR count). The fourth-order valence-corrected chi connectivity index (χ4v) is 3.38. The molecule has 1 N–H and O–H groups in total. The molecular weight excluding hydrogens is 264 g/mol. The molecule has 0 saturated carbocycles. The molecule has 0 fully saturated rings. The van der Waals surface area contributed by atoms with Crippen molar-refractivity contribution >= 4 is 0 Å². The van der Waals surface area contributed by atoms with Gasteiger partial charge in [0.25, 0.3) is 0 Å². The third-order valence-corrected chi connectivity index (χ3v) is 4.69. The highest BCUT2D eigenvalue weighted by Crippen LogP contribution is 2.38. The maximum absolute atomic E-state index is 9.58. The zero-order valence-corrected chi connectivity index (χ0v) is 13.7. The highest BCUT2D eigenvalue weighted by atomic mass is 16.4. The molecule has 1 aliphatic carbocycles. The first-order valence-electron chi connectivity index (χ1n) is 8.15. The summed E-state index contributed by atoms with van der Waals surface area (Å²) in [6.07, 6.45) is 6.05. The van der Waals surface area contributed by atoms with Gasteiger partial charge >= 0.3 is 0 Å². The lowest BCUT2D eigenvalue weighted by molar-refractivity contribution is 0.147. The number of nitrogens with zero attached hydrogens (tertiary/aromatic N) is 2. The molecule has 0 aromatic carbocycles. The summed E-state index contributed by atoms with van der Waals surface area (Å²) in [5.74, 6) is 3.35. The third-order valence-electron chi connectivity index (χ3n) is 4.69. The predicted molar refractivity (Wildman–Crippen MR) is 82.8 cm³/mol. The van der Waals surface area contributed by atoms with Crippen molar-refractivity contribution < 1.29 is 9.52 Å². The first-order valence-corrected chi connectivity index (χ1v) is 8.15. The van der Waals surface area contributed by atoms with E-state index in [9.17, 15) is 5.11 Å². The minimum absolute atomic E-state index is 0.244. The zero-order chi connectivity index (χ0) is 15.4. The molecule has 1 aromatic rings. The third kappa shape index (κ3) is 3.94. The van der Waals surface area contributed by atoms with Crippen LogP contribution in [0, 0.1) is 23.7 Å². The van der Waals surface area contributed by atoms with Gasteiger partial charge < -0.3 is 9.52 Å². The Labute approximate surface area is 127 Å². The highest BCUT2D eigenvalue weighted by Gasteiger charge is 2.32. The molecule has 3 unspecified atom stereocenters. The van der Waals surface area contributed by atoms with Crippen LogP contribution in [-0.4, -0.2) is 21.9 Å². The van der Waals surface area contributed by atoms with E-state index in [2.05, 4.69) is 44.0 Å².